The van der Waals surface area contributed by atoms with Gasteiger partial charge >= 0.3 is 0 Å². The van der Waals surface area contributed by atoms with E-state index in [4.69, 9.17) is 16.3 Å². The summed E-state index contributed by atoms with van der Waals surface area (Å²) in [6.45, 7) is 2.03. The molecule has 0 heterocycles. The lowest BCUT2D eigenvalue weighted by Gasteiger charge is -2.15. The summed E-state index contributed by atoms with van der Waals surface area (Å²) in [5, 5.41) is 2.73. The van der Waals surface area contributed by atoms with Gasteiger partial charge in [-0.1, -0.05) is 0 Å². The molecule has 17 heavy (non-hydrogen) atoms. The molecule has 1 amide bonds. The number of alkyl halides is 1. The predicted octanol–water partition coefficient (Wildman–Crippen LogP) is 2.12. The van der Waals surface area contributed by atoms with Crippen molar-refractivity contribution in [1.29, 1.82) is 0 Å². The van der Waals surface area contributed by atoms with Gasteiger partial charge in [-0.05, 0) is 30.7 Å². The number of benzene rings is 1. The van der Waals surface area contributed by atoms with Gasteiger partial charge in [-0.3, -0.25) is 4.79 Å². The molecule has 1 N–H and O–H groups in total. The molecule has 0 aliphatic carbocycles. The van der Waals surface area contributed by atoms with Gasteiger partial charge in [0.05, 0.1) is 12.6 Å². The molecule has 0 bridgehead atoms. The van der Waals surface area contributed by atoms with Gasteiger partial charge in [-0.15, -0.1) is 11.6 Å². The predicted molar refractivity (Wildman–Crippen MR) is 65.0 cm³/mol. The summed E-state index contributed by atoms with van der Waals surface area (Å²) in [6.07, 6.45) is 0. The minimum absolute atomic E-state index is 0.251. The third-order valence-corrected chi connectivity index (χ3v) is 2.69. The molecule has 3 nitrogen and oxygen atoms in total. The number of hydrogen-bond donors (Lipinski definition) is 1. The van der Waals surface area contributed by atoms with E-state index in [9.17, 15) is 9.18 Å². The molecular formula is C12H15ClFNO2. The molecular weight excluding hydrogens is 245 g/mol. The Bertz CT molecular complexity index is 398. The monoisotopic (exact) mass is 259 g/mol. The Labute approximate surface area is 105 Å². The van der Waals surface area contributed by atoms with Crippen molar-refractivity contribution >= 4 is 17.5 Å². The molecule has 0 spiro atoms. The highest BCUT2D eigenvalue weighted by atomic mass is 35.5. The summed E-state index contributed by atoms with van der Waals surface area (Å²) in [7, 11) is 1.54. The van der Waals surface area contributed by atoms with E-state index in [-0.39, 0.29) is 23.6 Å². The Morgan fingerprint density at radius 3 is 2.82 bits per heavy atom. The van der Waals surface area contributed by atoms with Gasteiger partial charge in [0.25, 0.3) is 5.91 Å². The van der Waals surface area contributed by atoms with Crippen LogP contribution < -0.4 is 5.32 Å². The minimum Gasteiger partial charge on any atom is -0.383 e. The first kappa shape index (κ1) is 13.9. The maximum Gasteiger partial charge on any atom is 0.251 e. The molecule has 1 atom stereocenters. The van der Waals surface area contributed by atoms with Crippen molar-refractivity contribution in [3.63, 3.8) is 0 Å². The van der Waals surface area contributed by atoms with Crippen LogP contribution in [0.15, 0.2) is 18.2 Å². The van der Waals surface area contributed by atoms with Crippen LogP contribution in [0.3, 0.4) is 0 Å². The van der Waals surface area contributed by atoms with E-state index >= 15 is 0 Å². The minimum atomic E-state index is -0.357. The van der Waals surface area contributed by atoms with E-state index in [1.165, 1.54) is 25.3 Å². The first-order valence-electron chi connectivity index (χ1n) is 5.20. The van der Waals surface area contributed by atoms with Crippen LogP contribution in [-0.2, 0) is 4.74 Å². The second-order valence-corrected chi connectivity index (χ2v) is 4.05. The zero-order valence-electron chi connectivity index (χ0n) is 9.80. The average molecular weight is 260 g/mol. The smallest absolute Gasteiger partial charge is 0.251 e. The van der Waals surface area contributed by atoms with Gasteiger partial charge in [0.2, 0.25) is 0 Å². The molecule has 0 aromatic heterocycles. The van der Waals surface area contributed by atoms with Crippen molar-refractivity contribution in [3.05, 3.63) is 35.1 Å². The summed E-state index contributed by atoms with van der Waals surface area (Å²) >= 11 is 5.69. The Balaban J connectivity index is 2.75. The molecule has 1 aromatic carbocycles. The molecule has 0 aliphatic rings. The topological polar surface area (TPSA) is 38.3 Å². The number of methoxy groups -OCH3 is 1. The van der Waals surface area contributed by atoms with Crippen LogP contribution in [0.25, 0.3) is 0 Å². The zero-order chi connectivity index (χ0) is 12.8. The molecule has 5 heteroatoms. The van der Waals surface area contributed by atoms with E-state index in [1.807, 2.05) is 0 Å². The molecule has 0 aliphatic heterocycles. The third-order valence-electron chi connectivity index (χ3n) is 2.32. The highest BCUT2D eigenvalue weighted by molar-refractivity contribution is 6.18. The SMILES string of the molecule is COCC(CCl)NC(=O)c1ccc(F)cc1C. The van der Waals surface area contributed by atoms with Crippen LogP contribution in [0.4, 0.5) is 4.39 Å². The highest BCUT2D eigenvalue weighted by Crippen LogP contribution is 2.10. The second-order valence-electron chi connectivity index (χ2n) is 3.74. The summed E-state index contributed by atoms with van der Waals surface area (Å²) < 4.78 is 17.8. The summed E-state index contributed by atoms with van der Waals surface area (Å²) in [4.78, 5) is 11.9. The fraction of sp³-hybridized carbons (Fsp3) is 0.417. The van der Waals surface area contributed by atoms with Crippen LogP contribution in [0.2, 0.25) is 0 Å². The molecule has 94 valence electrons. The van der Waals surface area contributed by atoms with Gasteiger partial charge in [0.1, 0.15) is 5.82 Å². The number of rotatable bonds is 5. The van der Waals surface area contributed by atoms with Crippen LogP contribution in [0, 0.1) is 12.7 Å². The fourth-order valence-corrected chi connectivity index (χ4v) is 1.64. The summed E-state index contributed by atoms with van der Waals surface area (Å²) in [5.41, 5.74) is 1.03. The van der Waals surface area contributed by atoms with Gasteiger partial charge in [0, 0.05) is 18.6 Å². The van der Waals surface area contributed by atoms with Gasteiger partial charge in [-0.25, -0.2) is 4.39 Å². The second kappa shape index (κ2) is 6.57. The lowest BCUT2D eigenvalue weighted by Crippen LogP contribution is -2.39. The fourth-order valence-electron chi connectivity index (χ4n) is 1.47. The first-order valence-corrected chi connectivity index (χ1v) is 5.74. The van der Waals surface area contributed by atoms with Crippen molar-refractivity contribution in [2.45, 2.75) is 13.0 Å². The van der Waals surface area contributed by atoms with Crippen LogP contribution in [-0.4, -0.2) is 31.5 Å². The Kier molecular flexibility index (Phi) is 5.38. The average Bonchev–Trinajstić information content (AvgIpc) is 2.28. The lowest BCUT2D eigenvalue weighted by molar-refractivity contribution is 0.0906. The maximum absolute atomic E-state index is 12.9. The first-order chi connectivity index (χ1) is 8.08. The number of amides is 1. The molecule has 1 aromatic rings. The molecule has 0 radical (unpaired) electrons. The number of ether oxygens (including phenoxy) is 1. The standard InChI is InChI=1S/C12H15ClFNO2/c1-8-5-9(14)3-4-11(8)12(16)15-10(6-13)7-17-2/h3-5,10H,6-7H2,1-2H3,(H,15,16). The van der Waals surface area contributed by atoms with E-state index in [0.717, 1.165) is 0 Å². The van der Waals surface area contributed by atoms with E-state index in [0.29, 0.717) is 17.7 Å². The summed E-state index contributed by atoms with van der Waals surface area (Å²) in [5.74, 6) is -0.366. The number of carbonyl (C=O) groups is 1. The van der Waals surface area contributed by atoms with Crippen LogP contribution in [0.1, 0.15) is 15.9 Å². The van der Waals surface area contributed by atoms with Gasteiger partial charge < -0.3 is 10.1 Å². The number of nitrogens with one attached hydrogen (secondary N) is 1. The molecule has 1 rings (SSSR count). The van der Waals surface area contributed by atoms with Crippen molar-refractivity contribution in [1.82, 2.24) is 5.32 Å². The van der Waals surface area contributed by atoms with Crippen LogP contribution in [0.5, 0.6) is 0 Å². The van der Waals surface area contributed by atoms with Crippen molar-refractivity contribution in [3.8, 4) is 0 Å². The van der Waals surface area contributed by atoms with E-state index < -0.39 is 0 Å². The van der Waals surface area contributed by atoms with Gasteiger partial charge in [0.15, 0.2) is 0 Å². The number of hydrogen-bond acceptors (Lipinski definition) is 2. The van der Waals surface area contributed by atoms with E-state index in [2.05, 4.69) is 5.32 Å². The highest BCUT2D eigenvalue weighted by Gasteiger charge is 2.14. The Morgan fingerprint density at radius 2 is 2.29 bits per heavy atom. The zero-order valence-corrected chi connectivity index (χ0v) is 10.6. The quantitative estimate of drug-likeness (QED) is 0.823. The Morgan fingerprint density at radius 1 is 1.59 bits per heavy atom. The van der Waals surface area contributed by atoms with Crippen molar-refractivity contribution in [2.24, 2.45) is 0 Å². The lowest BCUT2D eigenvalue weighted by atomic mass is 10.1. The number of halogens is 2. The Hall–Kier alpha value is -1.13. The number of carbonyl (C=O) groups excluding carboxylic acids is 1. The van der Waals surface area contributed by atoms with Gasteiger partial charge in [-0.2, -0.15) is 0 Å². The van der Waals surface area contributed by atoms with Crippen LogP contribution >= 0.6 is 11.6 Å². The molecule has 0 fully saturated rings. The summed E-state index contributed by atoms with van der Waals surface area (Å²) in [6, 6.07) is 3.78. The molecule has 1 unspecified atom stereocenters. The normalized spacial score (nSPS) is 12.2. The van der Waals surface area contributed by atoms with Crippen molar-refractivity contribution in [2.75, 3.05) is 19.6 Å². The number of aryl methyl sites for hydroxylation is 1. The largest absolute Gasteiger partial charge is 0.383 e. The molecule has 0 saturated carbocycles. The van der Waals surface area contributed by atoms with Crippen molar-refractivity contribution < 1.29 is 13.9 Å². The maximum atomic E-state index is 12.9. The van der Waals surface area contributed by atoms with E-state index in [1.54, 1.807) is 6.92 Å². The molecule has 0 saturated heterocycles. The third kappa shape index (κ3) is 3.98.